The molecule has 5 rings (SSSR count). The molecule has 0 aliphatic carbocycles. The number of nitrogens with zero attached hydrogens (tertiary/aromatic N) is 5. The number of hydrogen-bond donors (Lipinski definition) is 2. The molecule has 0 fully saturated rings. The second-order valence-electron chi connectivity index (χ2n) is 8.78. The Morgan fingerprint density at radius 2 is 1.92 bits per heavy atom. The lowest BCUT2D eigenvalue weighted by Gasteiger charge is -2.33. The third-order valence-electron chi connectivity index (χ3n) is 6.33. The number of anilines is 3. The van der Waals surface area contributed by atoms with Crippen LogP contribution in [0.3, 0.4) is 0 Å². The van der Waals surface area contributed by atoms with Crippen LogP contribution >= 0.6 is 11.6 Å². The van der Waals surface area contributed by atoms with Gasteiger partial charge < -0.3 is 19.9 Å². The van der Waals surface area contributed by atoms with Gasteiger partial charge in [0.05, 0.1) is 24.7 Å². The molecule has 2 N–H and O–H groups in total. The number of sulfonamides is 1. The van der Waals surface area contributed by atoms with Gasteiger partial charge in [-0.25, -0.2) is 22.8 Å². The molecule has 4 aromatic rings. The summed E-state index contributed by atoms with van der Waals surface area (Å²) in [6.07, 6.45) is 4.44. The number of nitrogens with one attached hydrogen (secondary N) is 2. The van der Waals surface area contributed by atoms with Crippen molar-refractivity contribution in [2.75, 3.05) is 37.6 Å². The lowest BCUT2D eigenvalue weighted by molar-refractivity contribution is 0.370. The predicted octanol–water partition coefficient (Wildman–Crippen LogP) is 4.16. The number of hydrogen-bond acceptors (Lipinski definition) is 8. The first-order valence-corrected chi connectivity index (χ1v) is 13.8. The molecule has 2 aromatic carbocycles. The SMILES string of the molecule is CNc1nc(Nc2ccc(-n3cnc(Cl)c3)c(OC)c2)nc2c1CN(S(C)(=O)=O)CC2c1ccc(F)cc1. The summed E-state index contributed by atoms with van der Waals surface area (Å²) in [7, 11) is -0.222. The summed E-state index contributed by atoms with van der Waals surface area (Å²) < 4.78 is 47.4. The monoisotopic (exact) mass is 557 g/mol. The predicted molar refractivity (Wildman–Crippen MR) is 143 cm³/mol. The molecule has 2 aromatic heterocycles. The van der Waals surface area contributed by atoms with E-state index in [9.17, 15) is 12.8 Å². The van der Waals surface area contributed by atoms with Crippen LogP contribution in [0.4, 0.5) is 21.8 Å². The van der Waals surface area contributed by atoms with Crippen LogP contribution in [0.25, 0.3) is 5.69 Å². The Morgan fingerprint density at radius 3 is 2.55 bits per heavy atom. The van der Waals surface area contributed by atoms with Crippen LogP contribution in [0, 0.1) is 5.82 Å². The second-order valence-corrected chi connectivity index (χ2v) is 11.2. The molecule has 10 nitrogen and oxygen atoms in total. The highest BCUT2D eigenvalue weighted by Crippen LogP contribution is 2.37. The number of ether oxygens (including phenoxy) is 1. The molecule has 38 heavy (non-hydrogen) atoms. The largest absolute Gasteiger partial charge is 0.494 e. The van der Waals surface area contributed by atoms with E-state index in [1.807, 2.05) is 12.1 Å². The average Bonchev–Trinajstić information content (AvgIpc) is 3.33. The summed E-state index contributed by atoms with van der Waals surface area (Å²) in [5.74, 6) is 0.584. The zero-order valence-corrected chi connectivity index (χ0v) is 22.4. The molecule has 1 atom stereocenters. The standard InChI is InChI=1S/C25H25ClFN7O3S/c1-28-24-19-12-34(38(3,35)36)11-18(15-4-6-16(27)7-5-15)23(19)31-25(32-24)30-17-8-9-20(21(10-17)37-2)33-13-22(26)29-14-33/h4-10,13-14,18H,11-12H2,1-3H3,(H2,28,30,31,32). The Labute approximate surface area is 224 Å². The minimum absolute atomic E-state index is 0.123. The molecule has 0 saturated heterocycles. The molecule has 0 radical (unpaired) electrons. The number of fused-ring (bicyclic) bond motifs is 1. The molecular formula is C25H25ClFN7O3S. The van der Waals surface area contributed by atoms with Crippen molar-refractivity contribution in [2.45, 2.75) is 12.5 Å². The van der Waals surface area contributed by atoms with Crippen molar-refractivity contribution in [3.8, 4) is 11.4 Å². The van der Waals surface area contributed by atoms with Crippen molar-refractivity contribution < 1.29 is 17.5 Å². The van der Waals surface area contributed by atoms with E-state index >= 15 is 0 Å². The first kappa shape index (κ1) is 25.9. The van der Waals surface area contributed by atoms with Crippen molar-refractivity contribution in [3.05, 3.63) is 82.8 Å². The van der Waals surface area contributed by atoms with Gasteiger partial charge in [-0.2, -0.15) is 9.29 Å². The summed E-state index contributed by atoms with van der Waals surface area (Å²) >= 11 is 5.97. The highest BCUT2D eigenvalue weighted by atomic mass is 35.5. The number of imidazole rings is 1. The summed E-state index contributed by atoms with van der Waals surface area (Å²) in [5.41, 5.74) is 3.49. The maximum Gasteiger partial charge on any atom is 0.229 e. The van der Waals surface area contributed by atoms with Crippen molar-refractivity contribution in [1.29, 1.82) is 0 Å². The minimum atomic E-state index is -3.50. The Bertz CT molecular complexity index is 1600. The second kappa shape index (κ2) is 10.2. The molecule has 0 amide bonds. The van der Waals surface area contributed by atoms with E-state index in [2.05, 4.69) is 20.6 Å². The molecule has 1 aliphatic rings. The van der Waals surface area contributed by atoms with Crippen LogP contribution < -0.4 is 15.4 Å². The van der Waals surface area contributed by atoms with Gasteiger partial charge in [0, 0.05) is 49.6 Å². The lowest BCUT2D eigenvalue weighted by atomic mass is 9.89. The highest BCUT2D eigenvalue weighted by molar-refractivity contribution is 7.88. The Balaban J connectivity index is 1.55. The fourth-order valence-electron chi connectivity index (χ4n) is 4.48. The van der Waals surface area contributed by atoms with Gasteiger partial charge >= 0.3 is 0 Å². The van der Waals surface area contributed by atoms with Crippen LogP contribution in [0.15, 0.2) is 55.0 Å². The number of rotatable bonds is 7. The summed E-state index contributed by atoms with van der Waals surface area (Å²) in [6.45, 7) is 0.297. The summed E-state index contributed by atoms with van der Waals surface area (Å²) in [5, 5.41) is 6.66. The Kier molecular flexibility index (Phi) is 6.95. The molecule has 3 heterocycles. The topological polar surface area (TPSA) is 114 Å². The number of benzene rings is 2. The highest BCUT2D eigenvalue weighted by Gasteiger charge is 2.35. The molecule has 0 bridgehead atoms. The van der Waals surface area contributed by atoms with E-state index in [4.69, 9.17) is 21.3 Å². The van der Waals surface area contributed by atoms with Crippen molar-refractivity contribution in [3.63, 3.8) is 0 Å². The van der Waals surface area contributed by atoms with E-state index in [1.165, 1.54) is 22.7 Å². The number of methoxy groups -OCH3 is 1. The lowest BCUT2D eigenvalue weighted by Crippen LogP contribution is -2.39. The normalized spacial score (nSPS) is 15.7. The molecule has 13 heteroatoms. The fourth-order valence-corrected chi connectivity index (χ4v) is 5.41. The minimum Gasteiger partial charge on any atom is -0.494 e. The third-order valence-corrected chi connectivity index (χ3v) is 7.74. The van der Waals surface area contributed by atoms with Gasteiger partial charge in [0.2, 0.25) is 16.0 Å². The molecule has 0 saturated carbocycles. The maximum absolute atomic E-state index is 13.7. The van der Waals surface area contributed by atoms with E-state index in [1.54, 1.807) is 49.4 Å². The zero-order valence-electron chi connectivity index (χ0n) is 20.8. The summed E-state index contributed by atoms with van der Waals surface area (Å²) in [4.78, 5) is 13.5. The molecule has 198 valence electrons. The maximum atomic E-state index is 13.7. The van der Waals surface area contributed by atoms with Gasteiger partial charge in [-0.3, -0.25) is 0 Å². The van der Waals surface area contributed by atoms with Crippen molar-refractivity contribution in [2.24, 2.45) is 0 Å². The van der Waals surface area contributed by atoms with Crippen LogP contribution in [0.5, 0.6) is 5.75 Å². The van der Waals surface area contributed by atoms with E-state index in [-0.39, 0.29) is 18.9 Å². The van der Waals surface area contributed by atoms with Gasteiger partial charge in [-0.05, 0) is 29.8 Å². The van der Waals surface area contributed by atoms with Crippen LogP contribution in [-0.2, 0) is 16.6 Å². The first-order valence-electron chi connectivity index (χ1n) is 11.6. The zero-order chi connectivity index (χ0) is 27.0. The van der Waals surface area contributed by atoms with E-state index < -0.39 is 15.9 Å². The van der Waals surface area contributed by atoms with E-state index in [0.717, 1.165) is 11.3 Å². The first-order chi connectivity index (χ1) is 18.2. The van der Waals surface area contributed by atoms with Crippen LogP contribution in [-0.4, -0.2) is 59.2 Å². The summed E-state index contributed by atoms with van der Waals surface area (Å²) in [6, 6.07) is 11.5. The van der Waals surface area contributed by atoms with Crippen LogP contribution in [0.2, 0.25) is 5.15 Å². The fraction of sp³-hybridized carbons (Fsp3) is 0.240. The van der Waals surface area contributed by atoms with Gasteiger partial charge in [0.25, 0.3) is 0 Å². The van der Waals surface area contributed by atoms with Gasteiger partial charge in [-0.15, -0.1) is 0 Å². The van der Waals surface area contributed by atoms with Gasteiger partial charge in [0.15, 0.2) is 0 Å². The molecule has 0 spiro atoms. The molecule has 1 aliphatic heterocycles. The van der Waals surface area contributed by atoms with E-state index in [0.29, 0.717) is 39.6 Å². The van der Waals surface area contributed by atoms with Crippen molar-refractivity contribution in [1.82, 2.24) is 23.8 Å². The Hall–Kier alpha value is -3.74. The van der Waals surface area contributed by atoms with Gasteiger partial charge in [0.1, 0.15) is 28.9 Å². The quantitative estimate of drug-likeness (QED) is 0.348. The van der Waals surface area contributed by atoms with Gasteiger partial charge in [-0.1, -0.05) is 23.7 Å². The molecular weight excluding hydrogens is 533 g/mol. The number of halogens is 2. The van der Waals surface area contributed by atoms with Crippen LogP contribution in [0.1, 0.15) is 22.7 Å². The third kappa shape index (κ3) is 5.15. The number of aromatic nitrogens is 4. The smallest absolute Gasteiger partial charge is 0.229 e. The molecule has 1 unspecified atom stereocenters. The average molecular weight is 558 g/mol. The van der Waals surface area contributed by atoms with Crippen molar-refractivity contribution >= 4 is 39.1 Å². The Morgan fingerprint density at radius 1 is 1.16 bits per heavy atom.